The van der Waals surface area contributed by atoms with Gasteiger partial charge in [-0.15, -0.1) is 0 Å². The molecule has 4 saturated heterocycles. The number of hydrogen-bond donors (Lipinski definition) is 11. The number of aliphatic hydroxyl groups excluding tert-OH is 11. The molecule has 0 aromatic heterocycles. The molecule has 0 bridgehead atoms. The van der Waals surface area contributed by atoms with Crippen molar-refractivity contribution in [1.29, 1.82) is 0 Å². The lowest BCUT2D eigenvalue weighted by Gasteiger charge is -2.68. The Bertz CT molecular complexity index is 1750. The molecule has 12 unspecified atom stereocenters. The molecule has 0 aromatic rings. The third-order valence-electron chi connectivity index (χ3n) is 19.1. The minimum atomic E-state index is -1.21. The summed E-state index contributed by atoms with van der Waals surface area (Å²) in [6.45, 7) is 11.9. The van der Waals surface area contributed by atoms with E-state index < -0.39 is 124 Å². The van der Waals surface area contributed by atoms with Gasteiger partial charge >= 0.3 is 0 Å². The fourth-order valence-corrected chi connectivity index (χ4v) is 15.3. The van der Waals surface area contributed by atoms with Gasteiger partial charge in [-0.25, -0.2) is 0 Å². The molecule has 4 aliphatic heterocycles. The summed E-state index contributed by atoms with van der Waals surface area (Å²) in [4.78, 5) is 0. The van der Waals surface area contributed by atoms with Gasteiger partial charge in [0.2, 0.25) is 0 Å². The molecular formula is C52H88O19. The van der Waals surface area contributed by atoms with Crippen molar-refractivity contribution in [1.82, 2.24) is 0 Å². The third-order valence-corrected chi connectivity index (χ3v) is 19.1. The Labute approximate surface area is 418 Å². The van der Waals surface area contributed by atoms with E-state index in [4.69, 9.17) is 37.9 Å². The molecule has 410 valence electrons. The second-order valence-corrected chi connectivity index (χ2v) is 24.0. The van der Waals surface area contributed by atoms with Crippen molar-refractivity contribution in [3.8, 4) is 0 Å². The van der Waals surface area contributed by atoms with Crippen LogP contribution in [-0.4, -0.2) is 199 Å². The fraction of sp³-hybridized carbons (Fsp3) is 0.962. The van der Waals surface area contributed by atoms with E-state index in [-0.39, 0.29) is 90.3 Å². The van der Waals surface area contributed by atoms with Crippen molar-refractivity contribution in [2.75, 3.05) is 26.4 Å². The number of ether oxygens (including phenoxy) is 8. The quantitative estimate of drug-likeness (QED) is 0.0763. The Morgan fingerprint density at radius 1 is 0.563 bits per heavy atom. The van der Waals surface area contributed by atoms with Crippen LogP contribution in [0.5, 0.6) is 0 Å². The van der Waals surface area contributed by atoms with Gasteiger partial charge in [-0.05, 0) is 117 Å². The van der Waals surface area contributed by atoms with E-state index in [0.717, 1.165) is 38.5 Å². The van der Waals surface area contributed by atoms with Crippen molar-refractivity contribution in [3.63, 3.8) is 0 Å². The molecule has 0 radical (unpaired) electrons. The molecule has 8 aliphatic rings. The zero-order chi connectivity index (χ0) is 51.3. The predicted octanol–water partition coefficient (Wildman–Crippen LogP) is 1.13. The minimum absolute atomic E-state index is 0.0268. The molecule has 4 heterocycles. The molecule has 0 amide bonds. The zero-order valence-electron chi connectivity index (χ0n) is 42.6. The van der Waals surface area contributed by atoms with Crippen molar-refractivity contribution in [3.05, 3.63) is 11.6 Å². The van der Waals surface area contributed by atoms with Gasteiger partial charge in [-0.3, -0.25) is 0 Å². The topological polar surface area (TPSA) is 296 Å². The summed E-state index contributed by atoms with van der Waals surface area (Å²) in [6, 6.07) is 0. The molecule has 26 atom stereocenters. The highest BCUT2D eigenvalue weighted by atomic mass is 16.8. The molecule has 8 rings (SSSR count). The standard InChI is InChI=1S/C52H88O19/c1-25(2)8-7-9-36(65-47-35(63)18-30(58)41(70-47)24-64-46-33(61)16-28(56)38(21-53)67-46)26-10-11-27-45(26)32(60)20-43-51(27,5)14-12-42-50(3,4)44(13-15-52(42,43)6)71-49-37(19-31(59)40(23-55)69-49)66-48-34(62)17-29(57)39(22-54)68-48/h8,26-49,53-63H,7,9-24H2,1-6H3/t26?,27?,28-,29-,30-,31-,32+,33?,34-,35?,36?,37-,38?,39?,40?,41?,42?,43?,44-,45?,46+,47+,48+,49-,51-,52-/m0/s1. The maximum atomic E-state index is 12.6. The second-order valence-electron chi connectivity index (χ2n) is 24.0. The van der Waals surface area contributed by atoms with Crippen LogP contribution in [0.1, 0.15) is 125 Å². The van der Waals surface area contributed by atoms with Gasteiger partial charge in [0.05, 0.1) is 69.2 Å². The smallest absolute Gasteiger partial charge is 0.184 e. The maximum absolute atomic E-state index is 12.6. The predicted molar refractivity (Wildman–Crippen MR) is 251 cm³/mol. The first kappa shape index (κ1) is 56.2. The van der Waals surface area contributed by atoms with E-state index in [2.05, 4.69) is 47.6 Å². The summed E-state index contributed by atoms with van der Waals surface area (Å²) in [5.41, 5.74) is 0.558. The SMILES string of the molecule is CC(C)=CCCC(O[C@@H]1OC(CO[C@@H]2OC(CO)[C@@H](O)CC2O)[C@@H](O)CC1O)C1CCC2C1[C@H](O)CC1[C@@]2(C)CCC2C(C)(C)[C@@H](O[C@@H]3OC(CO)[C@@H](O)C[C@@H]3O[C@@H]3OC(CO)[C@@H](O)C[C@@H]3O)CC[C@@]21C. The fourth-order valence-electron chi connectivity index (χ4n) is 15.3. The van der Waals surface area contributed by atoms with Crippen LogP contribution in [0.3, 0.4) is 0 Å². The van der Waals surface area contributed by atoms with Crippen LogP contribution in [0, 0.1) is 45.8 Å². The van der Waals surface area contributed by atoms with Crippen LogP contribution < -0.4 is 0 Å². The van der Waals surface area contributed by atoms with Gasteiger partial charge in [0.1, 0.15) is 48.8 Å². The minimum Gasteiger partial charge on any atom is -0.394 e. The molecular weight excluding hydrogens is 929 g/mol. The molecule has 4 aliphatic carbocycles. The summed E-state index contributed by atoms with van der Waals surface area (Å²) in [5.74, 6) is 0.550. The summed E-state index contributed by atoms with van der Waals surface area (Å²) in [6.07, 6.45) is -8.93. The zero-order valence-corrected chi connectivity index (χ0v) is 42.6. The first-order valence-corrected chi connectivity index (χ1v) is 26.7. The monoisotopic (exact) mass is 1020 g/mol. The Balaban J connectivity index is 0.956. The maximum Gasteiger partial charge on any atom is 0.184 e. The lowest BCUT2D eigenvalue weighted by Crippen LogP contribution is -2.64. The molecule has 19 heteroatoms. The van der Waals surface area contributed by atoms with Gasteiger partial charge in [0.25, 0.3) is 0 Å². The first-order chi connectivity index (χ1) is 33.6. The van der Waals surface area contributed by atoms with Crippen molar-refractivity contribution >= 4 is 0 Å². The molecule has 71 heavy (non-hydrogen) atoms. The average molecular weight is 1020 g/mol. The van der Waals surface area contributed by atoms with E-state index in [1.54, 1.807) is 0 Å². The third kappa shape index (κ3) is 11.4. The summed E-state index contributed by atoms with van der Waals surface area (Å²) < 4.78 is 49.7. The molecule has 8 fully saturated rings. The van der Waals surface area contributed by atoms with Crippen LogP contribution in [0.2, 0.25) is 0 Å². The largest absolute Gasteiger partial charge is 0.394 e. The van der Waals surface area contributed by atoms with Crippen LogP contribution >= 0.6 is 0 Å². The highest BCUT2D eigenvalue weighted by Gasteiger charge is 2.67. The Morgan fingerprint density at radius 2 is 1.11 bits per heavy atom. The van der Waals surface area contributed by atoms with Crippen LogP contribution in [-0.2, 0) is 37.9 Å². The lowest BCUT2D eigenvalue weighted by atomic mass is 9.38. The second kappa shape index (κ2) is 22.9. The van der Waals surface area contributed by atoms with E-state index in [1.807, 2.05) is 0 Å². The van der Waals surface area contributed by atoms with E-state index >= 15 is 0 Å². The van der Waals surface area contributed by atoms with Crippen LogP contribution in [0.4, 0.5) is 0 Å². The molecule has 4 saturated carbocycles. The Kier molecular flexibility index (Phi) is 18.1. The Hall–Kier alpha value is -1.02. The highest BCUT2D eigenvalue weighted by Crippen LogP contribution is 2.72. The van der Waals surface area contributed by atoms with E-state index in [9.17, 15) is 56.2 Å². The van der Waals surface area contributed by atoms with Gasteiger partial charge in [-0.1, -0.05) is 39.3 Å². The van der Waals surface area contributed by atoms with Crippen LogP contribution in [0.25, 0.3) is 0 Å². The van der Waals surface area contributed by atoms with Gasteiger partial charge in [-0.2, -0.15) is 0 Å². The van der Waals surface area contributed by atoms with E-state index in [1.165, 1.54) is 5.57 Å². The Morgan fingerprint density at radius 3 is 1.75 bits per heavy atom. The van der Waals surface area contributed by atoms with Crippen molar-refractivity contribution < 1.29 is 94.1 Å². The van der Waals surface area contributed by atoms with Gasteiger partial charge in [0, 0.05) is 25.7 Å². The van der Waals surface area contributed by atoms with Crippen LogP contribution in [0.15, 0.2) is 11.6 Å². The summed E-state index contributed by atoms with van der Waals surface area (Å²) >= 11 is 0. The normalized spacial score (nSPS) is 50.4. The van der Waals surface area contributed by atoms with Crippen molar-refractivity contribution in [2.24, 2.45) is 45.8 Å². The number of hydrogen-bond acceptors (Lipinski definition) is 19. The van der Waals surface area contributed by atoms with Crippen molar-refractivity contribution in [2.45, 2.75) is 242 Å². The molecule has 0 spiro atoms. The number of rotatable bonds is 16. The number of allylic oxidation sites excluding steroid dienone is 2. The average Bonchev–Trinajstić information content (AvgIpc) is 3.77. The molecule has 11 N–H and O–H groups in total. The summed E-state index contributed by atoms with van der Waals surface area (Å²) in [5, 5.41) is 117. The molecule has 0 aromatic carbocycles. The highest BCUT2D eigenvalue weighted by molar-refractivity contribution is 5.16. The lowest BCUT2D eigenvalue weighted by molar-refractivity contribution is -0.353. The number of fused-ring (bicyclic) bond motifs is 5. The summed E-state index contributed by atoms with van der Waals surface area (Å²) in [7, 11) is 0. The first-order valence-electron chi connectivity index (χ1n) is 26.7. The van der Waals surface area contributed by atoms with E-state index in [0.29, 0.717) is 19.3 Å². The van der Waals surface area contributed by atoms with Gasteiger partial charge in [0.15, 0.2) is 25.2 Å². The molecule has 19 nitrogen and oxygen atoms in total. The van der Waals surface area contributed by atoms with Gasteiger partial charge < -0.3 is 94.1 Å². The number of aliphatic hydroxyl groups is 11.